The Balaban J connectivity index is 1.31. The predicted molar refractivity (Wildman–Crippen MR) is 101 cm³/mol. The molecule has 0 atom stereocenters. The molecule has 0 spiro atoms. The summed E-state index contributed by atoms with van der Waals surface area (Å²) in [6.07, 6.45) is 3.63. The monoisotopic (exact) mass is 368 g/mol. The molecular weight excluding hydrogens is 348 g/mol. The van der Waals surface area contributed by atoms with Crippen LogP contribution >= 0.6 is 11.3 Å². The maximum absolute atomic E-state index is 12.7. The van der Waals surface area contributed by atoms with Crippen LogP contribution in [0.3, 0.4) is 0 Å². The average Bonchev–Trinajstić information content (AvgIpc) is 3.32. The molecule has 0 radical (unpaired) electrons. The molecule has 2 amide bonds. The minimum Gasteiger partial charge on any atom is -0.353 e. The minimum atomic E-state index is 0.0323. The summed E-state index contributed by atoms with van der Waals surface area (Å²) in [6.45, 7) is 1.31. The first-order valence-electron chi connectivity index (χ1n) is 8.73. The smallest absolute Gasteiger partial charge is 0.253 e. The van der Waals surface area contributed by atoms with Crippen molar-refractivity contribution >= 4 is 34.2 Å². The number of amides is 2. The molecule has 3 aromatic rings. The van der Waals surface area contributed by atoms with Crippen LogP contribution in [0.25, 0.3) is 11.0 Å². The molecule has 0 bridgehead atoms. The largest absolute Gasteiger partial charge is 0.353 e. The maximum atomic E-state index is 12.7. The van der Waals surface area contributed by atoms with Gasteiger partial charge in [0.2, 0.25) is 5.91 Å². The van der Waals surface area contributed by atoms with E-state index in [1.54, 1.807) is 17.7 Å². The van der Waals surface area contributed by atoms with Crippen molar-refractivity contribution in [3.05, 3.63) is 52.5 Å². The van der Waals surface area contributed by atoms with Crippen LogP contribution in [0.4, 0.5) is 0 Å². The molecule has 1 aliphatic heterocycles. The highest BCUT2D eigenvalue weighted by atomic mass is 32.1. The minimum absolute atomic E-state index is 0.0323. The maximum Gasteiger partial charge on any atom is 0.253 e. The van der Waals surface area contributed by atoms with Gasteiger partial charge in [0, 0.05) is 29.6 Å². The second-order valence-corrected chi connectivity index (χ2v) is 7.56. The highest BCUT2D eigenvalue weighted by Gasteiger charge is 2.24. The quantitative estimate of drug-likeness (QED) is 0.743. The van der Waals surface area contributed by atoms with E-state index in [9.17, 15) is 9.59 Å². The fraction of sp³-hybridized carbons (Fsp3) is 0.316. The molecule has 0 unspecified atom stereocenters. The number of likely N-dealkylation sites (tertiary alicyclic amines) is 1. The van der Waals surface area contributed by atoms with E-state index in [1.165, 1.54) is 0 Å². The van der Waals surface area contributed by atoms with Crippen molar-refractivity contribution in [3.63, 3.8) is 0 Å². The van der Waals surface area contributed by atoms with Crippen molar-refractivity contribution in [2.45, 2.75) is 25.3 Å². The molecule has 3 heterocycles. The van der Waals surface area contributed by atoms with Crippen LogP contribution in [0.15, 0.2) is 42.0 Å². The number of carbonyl (C=O) groups excluding carboxylic acids is 2. The first kappa shape index (κ1) is 16.8. The molecule has 6 nitrogen and oxygen atoms in total. The molecule has 1 fully saturated rings. The fourth-order valence-electron chi connectivity index (χ4n) is 3.33. The van der Waals surface area contributed by atoms with Crippen LogP contribution < -0.4 is 5.32 Å². The predicted octanol–water partition coefficient (Wildman–Crippen LogP) is 2.59. The van der Waals surface area contributed by atoms with Crippen molar-refractivity contribution in [1.29, 1.82) is 0 Å². The Hall–Kier alpha value is -2.67. The van der Waals surface area contributed by atoms with Gasteiger partial charge >= 0.3 is 0 Å². The number of nitrogens with zero attached hydrogens (tertiary/aromatic N) is 2. The van der Waals surface area contributed by atoms with E-state index in [4.69, 9.17) is 0 Å². The molecule has 2 aromatic heterocycles. The van der Waals surface area contributed by atoms with Crippen LogP contribution in [0.5, 0.6) is 0 Å². The number of benzene rings is 1. The number of hydrogen-bond donors (Lipinski definition) is 2. The number of nitrogens with one attached hydrogen (secondary N) is 2. The van der Waals surface area contributed by atoms with Gasteiger partial charge < -0.3 is 15.2 Å². The van der Waals surface area contributed by atoms with Crippen molar-refractivity contribution < 1.29 is 9.59 Å². The normalized spacial score (nSPS) is 15.3. The molecule has 7 heteroatoms. The summed E-state index contributed by atoms with van der Waals surface area (Å²) in [5, 5.41) is 5.07. The van der Waals surface area contributed by atoms with E-state index in [0.717, 1.165) is 28.8 Å². The third-order valence-electron chi connectivity index (χ3n) is 4.73. The molecule has 4 rings (SSSR count). The number of carbonyl (C=O) groups is 2. The molecule has 1 aliphatic rings. The van der Waals surface area contributed by atoms with Gasteiger partial charge in [-0.3, -0.25) is 9.59 Å². The van der Waals surface area contributed by atoms with Crippen LogP contribution in [0.1, 0.15) is 28.1 Å². The summed E-state index contributed by atoms with van der Waals surface area (Å²) < 4.78 is 0. The Morgan fingerprint density at radius 3 is 2.88 bits per heavy atom. The van der Waals surface area contributed by atoms with Gasteiger partial charge in [-0.2, -0.15) is 0 Å². The molecule has 134 valence electrons. The fourth-order valence-corrected chi connectivity index (χ4v) is 4.03. The number of aromatic amines is 1. The zero-order chi connectivity index (χ0) is 17.9. The van der Waals surface area contributed by atoms with Crippen LogP contribution in [-0.4, -0.2) is 45.8 Å². The van der Waals surface area contributed by atoms with Gasteiger partial charge in [-0.1, -0.05) is 6.07 Å². The molecule has 0 aliphatic carbocycles. The number of fused-ring (bicyclic) bond motifs is 1. The number of thiophene rings is 1. The van der Waals surface area contributed by atoms with Crippen molar-refractivity contribution in [1.82, 2.24) is 20.2 Å². The Kier molecular flexibility index (Phi) is 4.71. The van der Waals surface area contributed by atoms with E-state index in [0.29, 0.717) is 25.1 Å². The van der Waals surface area contributed by atoms with E-state index in [1.807, 2.05) is 40.6 Å². The first-order chi connectivity index (χ1) is 12.7. The lowest BCUT2D eigenvalue weighted by Gasteiger charge is -2.32. The lowest BCUT2D eigenvalue weighted by atomic mass is 10.0. The van der Waals surface area contributed by atoms with Crippen molar-refractivity contribution in [2.24, 2.45) is 0 Å². The van der Waals surface area contributed by atoms with E-state index in [-0.39, 0.29) is 17.9 Å². The second-order valence-electron chi connectivity index (χ2n) is 6.52. The Morgan fingerprint density at radius 2 is 2.12 bits per heavy atom. The van der Waals surface area contributed by atoms with Gasteiger partial charge in [0.25, 0.3) is 5.91 Å². The molecule has 1 saturated heterocycles. The number of H-pyrrole nitrogens is 1. The Morgan fingerprint density at radius 1 is 1.27 bits per heavy atom. The number of hydrogen-bond acceptors (Lipinski definition) is 4. The summed E-state index contributed by atoms with van der Waals surface area (Å²) in [5.74, 6) is 0.0896. The Labute approximate surface area is 155 Å². The van der Waals surface area contributed by atoms with Crippen molar-refractivity contribution in [3.8, 4) is 0 Å². The van der Waals surface area contributed by atoms with Gasteiger partial charge in [0.1, 0.15) is 0 Å². The van der Waals surface area contributed by atoms with Gasteiger partial charge in [-0.15, -0.1) is 11.3 Å². The number of piperidine rings is 1. The lowest BCUT2D eigenvalue weighted by Crippen LogP contribution is -2.46. The van der Waals surface area contributed by atoms with Crippen molar-refractivity contribution in [2.75, 3.05) is 13.1 Å². The van der Waals surface area contributed by atoms with Gasteiger partial charge in [0.15, 0.2) is 0 Å². The lowest BCUT2D eigenvalue weighted by molar-refractivity contribution is -0.121. The summed E-state index contributed by atoms with van der Waals surface area (Å²) in [6, 6.07) is 9.60. The highest BCUT2D eigenvalue weighted by Crippen LogP contribution is 2.17. The summed E-state index contributed by atoms with van der Waals surface area (Å²) in [5.41, 5.74) is 2.39. The third-order valence-corrected chi connectivity index (χ3v) is 5.61. The van der Waals surface area contributed by atoms with Gasteiger partial charge in [-0.25, -0.2) is 4.98 Å². The second kappa shape index (κ2) is 7.29. The van der Waals surface area contributed by atoms with Crippen LogP contribution in [0.2, 0.25) is 0 Å². The zero-order valence-electron chi connectivity index (χ0n) is 14.3. The number of rotatable bonds is 4. The molecule has 0 saturated carbocycles. The van der Waals surface area contributed by atoms with Gasteiger partial charge in [0.05, 0.1) is 23.8 Å². The highest BCUT2D eigenvalue weighted by molar-refractivity contribution is 7.10. The molecule has 26 heavy (non-hydrogen) atoms. The van der Waals surface area contributed by atoms with E-state index >= 15 is 0 Å². The third kappa shape index (κ3) is 3.62. The average molecular weight is 368 g/mol. The summed E-state index contributed by atoms with van der Waals surface area (Å²) in [7, 11) is 0. The molecular formula is C19H20N4O2S. The standard InChI is InChI=1S/C19H20N4O2S/c24-18(11-15-2-1-9-26-15)22-14-5-7-23(8-6-14)19(25)13-3-4-16-17(10-13)21-12-20-16/h1-4,9-10,12,14H,5-8,11H2,(H,20,21)(H,22,24). The summed E-state index contributed by atoms with van der Waals surface area (Å²) >= 11 is 1.60. The summed E-state index contributed by atoms with van der Waals surface area (Å²) in [4.78, 5) is 35.0. The molecule has 2 N–H and O–H groups in total. The number of aromatic nitrogens is 2. The van der Waals surface area contributed by atoms with E-state index in [2.05, 4.69) is 15.3 Å². The Bertz CT molecular complexity index is 911. The molecule has 1 aromatic carbocycles. The SMILES string of the molecule is O=C(Cc1cccs1)NC1CCN(C(=O)c2ccc3nc[nH]c3c2)CC1. The van der Waals surface area contributed by atoms with Crippen LogP contribution in [-0.2, 0) is 11.2 Å². The van der Waals surface area contributed by atoms with Gasteiger partial charge in [-0.05, 0) is 42.5 Å². The first-order valence-corrected chi connectivity index (χ1v) is 9.61. The number of imidazole rings is 1. The van der Waals surface area contributed by atoms with E-state index < -0.39 is 0 Å². The topological polar surface area (TPSA) is 78.1 Å². The zero-order valence-corrected chi connectivity index (χ0v) is 15.1. The van der Waals surface area contributed by atoms with Crippen LogP contribution in [0, 0.1) is 0 Å².